The Labute approximate surface area is 105 Å². The van der Waals surface area contributed by atoms with Gasteiger partial charge in [-0.05, 0) is 13.3 Å². The van der Waals surface area contributed by atoms with Crippen LogP contribution in [0.25, 0.3) is 5.65 Å². The second kappa shape index (κ2) is 5.19. The van der Waals surface area contributed by atoms with E-state index in [1.54, 1.807) is 19.3 Å². The number of aliphatic hydroxyl groups is 1. The smallest absolute Gasteiger partial charge is 0.180 e. The lowest BCUT2D eigenvalue weighted by Gasteiger charge is -2.20. The van der Waals surface area contributed by atoms with Crippen LogP contribution in [-0.2, 0) is 0 Å². The molecule has 0 spiro atoms. The second-order valence-electron chi connectivity index (χ2n) is 4.31. The molecule has 0 aliphatic carbocycles. The maximum atomic E-state index is 9.32. The zero-order valence-electron chi connectivity index (χ0n) is 10.5. The third kappa shape index (κ3) is 2.52. The summed E-state index contributed by atoms with van der Waals surface area (Å²) in [6.07, 6.45) is 5.66. The summed E-state index contributed by atoms with van der Waals surface area (Å²) in [4.78, 5) is 10.6. The van der Waals surface area contributed by atoms with Gasteiger partial charge in [-0.1, -0.05) is 0 Å². The number of hydrogen-bond donors (Lipinski definition) is 3. The minimum Gasteiger partial charge on any atom is -0.393 e. The van der Waals surface area contributed by atoms with E-state index in [0.29, 0.717) is 18.8 Å². The number of nitrogen functional groups attached to an aromatic ring is 1. The van der Waals surface area contributed by atoms with Gasteiger partial charge in [0.25, 0.3) is 0 Å². The average Bonchev–Trinajstić information content (AvgIpc) is 2.82. The summed E-state index contributed by atoms with van der Waals surface area (Å²) in [6, 6.07) is 0. The topological polar surface area (TPSA) is 91.7 Å². The van der Waals surface area contributed by atoms with Crippen LogP contribution in [0.1, 0.15) is 13.3 Å². The molecule has 0 saturated heterocycles. The van der Waals surface area contributed by atoms with Crippen molar-refractivity contribution in [3.63, 3.8) is 0 Å². The number of fused-ring (bicyclic) bond motifs is 1. The van der Waals surface area contributed by atoms with Gasteiger partial charge in [-0.15, -0.1) is 0 Å². The molecule has 0 bridgehead atoms. The van der Waals surface area contributed by atoms with Gasteiger partial charge in [0, 0.05) is 26.0 Å². The maximum Gasteiger partial charge on any atom is 0.180 e. The minimum atomic E-state index is -0.334. The Balaban J connectivity index is 2.32. The van der Waals surface area contributed by atoms with Crippen LogP contribution >= 0.6 is 0 Å². The predicted octanol–water partition coefficient (Wildman–Crippen LogP) is 0.222. The van der Waals surface area contributed by atoms with Crippen LogP contribution < -0.4 is 16.2 Å². The van der Waals surface area contributed by atoms with Crippen molar-refractivity contribution < 1.29 is 5.11 Å². The molecule has 0 amide bonds. The van der Waals surface area contributed by atoms with Gasteiger partial charge in [-0.2, -0.15) is 0 Å². The summed E-state index contributed by atoms with van der Waals surface area (Å²) in [7, 11) is 1.92. The number of nitrogens with one attached hydrogen (secondary N) is 1. The highest BCUT2D eigenvalue weighted by Gasteiger charge is 2.12. The highest BCUT2D eigenvalue weighted by Crippen LogP contribution is 2.19. The summed E-state index contributed by atoms with van der Waals surface area (Å²) in [5.41, 5.74) is 3.30. The SMILES string of the molecule is CC(O)CCN(C)c1nc(NN)cn2ccnc12. The van der Waals surface area contributed by atoms with E-state index in [1.807, 2.05) is 22.5 Å². The maximum absolute atomic E-state index is 9.32. The van der Waals surface area contributed by atoms with Gasteiger partial charge in [0.1, 0.15) is 0 Å². The van der Waals surface area contributed by atoms with Crippen molar-refractivity contribution in [2.75, 3.05) is 23.9 Å². The molecule has 7 nitrogen and oxygen atoms in total. The van der Waals surface area contributed by atoms with E-state index < -0.39 is 0 Å². The quantitative estimate of drug-likeness (QED) is 0.519. The molecule has 2 aromatic rings. The molecule has 2 rings (SSSR count). The molecule has 0 saturated carbocycles. The summed E-state index contributed by atoms with van der Waals surface area (Å²) in [6.45, 7) is 2.46. The fraction of sp³-hybridized carbons (Fsp3) is 0.455. The highest BCUT2D eigenvalue weighted by molar-refractivity contribution is 5.66. The summed E-state index contributed by atoms with van der Waals surface area (Å²) in [5.74, 6) is 6.70. The van der Waals surface area contributed by atoms with E-state index in [0.717, 1.165) is 11.5 Å². The number of aromatic nitrogens is 3. The molecule has 0 radical (unpaired) electrons. The van der Waals surface area contributed by atoms with Gasteiger partial charge in [0.05, 0.1) is 12.3 Å². The van der Waals surface area contributed by atoms with E-state index in [4.69, 9.17) is 5.84 Å². The standard InChI is InChI=1S/C11H18N6O/c1-8(18)3-5-16(2)11-10-13-4-6-17(10)7-9(14-11)15-12/h4,6-8,15,18H,3,5,12H2,1-2H3. The lowest BCUT2D eigenvalue weighted by molar-refractivity contribution is 0.187. The molecule has 0 aliphatic rings. The molecule has 1 atom stereocenters. The molecular formula is C11H18N6O. The molecule has 4 N–H and O–H groups in total. The first kappa shape index (κ1) is 12.6. The summed E-state index contributed by atoms with van der Waals surface area (Å²) in [5, 5.41) is 9.32. The Morgan fingerprint density at radius 2 is 2.39 bits per heavy atom. The Kier molecular flexibility index (Phi) is 3.63. The number of hydrazine groups is 1. The van der Waals surface area contributed by atoms with Crippen LogP contribution in [0.3, 0.4) is 0 Å². The molecule has 0 aromatic carbocycles. The fourth-order valence-corrected chi connectivity index (χ4v) is 1.73. The van der Waals surface area contributed by atoms with Crippen molar-refractivity contribution in [2.45, 2.75) is 19.4 Å². The minimum absolute atomic E-state index is 0.334. The molecule has 2 aromatic heterocycles. The van der Waals surface area contributed by atoms with Crippen molar-refractivity contribution in [3.05, 3.63) is 18.6 Å². The number of hydrogen-bond acceptors (Lipinski definition) is 6. The Bertz CT molecular complexity index is 523. The fourth-order valence-electron chi connectivity index (χ4n) is 1.73. The van der Waals surface area contributed by atoms with Gasteiger partial charge in [-0.25, -0.2) is 15.8 Å². The Morgan fingerprint density at radius 3 is 3.06 bits per heavy atom. The number of rotatable bonds is 5. The number of anilines is 2. The van der Waals surface area contributed by atoms with Crippen LogP contribution in [0.2, 0.25) is 0 Å². The summed E-state index contributed by atoms with van der Waals surface area (Å²) < 4.78 is 1.86. The van der Waals surface area contributed by atoms with Crippen molar-refractivity contribution >= 4 is 17.3 Å². The first-order valence-electron chi connectivity index (χ1n) is 5.81. The van der Waals surface area contributed by atoms with Crippen molar-refractivity contribution in [1.29, 1.82) is 0 Å². The van der Waals surface area contributed by atoms with Gasteiger partial charge >= 0.3 is 0 Å². The van der Waals surface area contributed by atoms with Crippen molar-refractivity contribution in [3.8, 4) is 0 Å². The molecule has 7 heteroatoms. The lowest BCUT2D eigenvalue weighted by Crippen LogP contribution is -2.24. The molecule has 2 heterocycles. The number of imidazole rings is 1. The molecular weight excluding hydrogens is 232 g/mol. The average molecular weight is 250 g/mol. The zero-order valence-corrected chi connectivity index (χ0v) is 10.5. The highest BCUT2D eigenvalue weighted by atomic mass is 16.3. The van der Waals surface area contributed by atoms with E-state index in [-0.39, 0.29) is 6.10 Å². The van der Waals surface area contributed by atoms with E-state index in [9.17, 15) is 5.11 Å². The van der Waals surface area contributed by atoms with Gasteiger partial charge in [0.15, 0.2) is 17.3 Å². The van der Waals surface area contributed by atoms with Gasteiger partial charge in [-0.3, -0.25) is 0 Å². The predicted molar refractivity (Wildman–Crippen MR) is 70.4 cm³/mol. The molecule has 1 unspecified atom stereocenters. The van der Waals surface area contributed by atoms with E-state index >= 15 is 0 Å². The van der Waals surface area contributed by atoms with Gasteiger partial charge < -0.3 is 19.8 Å². The molecule has 0 aliphatic heterocycles. The van der Waals surface area contributed by atoms with Crippen LogP contribution in [-0.4, -0.2) is 39.2 Å². The molecule has 98 valence electrons. The van der Waals surface area contributed by atoms with Crippen molar-refractivity contribution in [2.24, 2.45) is 5.84 Å². The second-order valence-corrected chi connectivity index (χ2v) is 4.31. The third-order valence-electron chi connectivity index (χ3n) is 2.75. The lowest BCUT2D eigenvalue weighted by atomic mass is 10.3. The van der Waals surface area contributed by atoms with Crippen LogP contribution in [0.15, 0.2) is 18.6 Å². The zero-order chi connectivity index (χ0) is 13.1. The first-order valence-corrected chi connectivity index (χ1v) is 5.81. The van der Waals surface area contributed by atoms with Crippen LogP contribution in [0.5, 0.6) is 0 Å². The third-order valence-corrected chi connectivity index (χ3v) is 2.75. The Morgan fingerprint density at radius 1 is 1.61 bits per heavy atom. The molecule has 18 heavy (non-hydrogen) atoms. The summed E-state index contributed by atoms with van der Waals surface area (Å²) >= 11 is 0. The first-order chi connectivity index (χ1) is 8.61. The van der Waals surface area contributed by atoms with Crippen LogP contribution in [0.4, 0.5) is 11.6 Å². The number of aliphatic hydroxyl groups excluding tert-OH is 1. The molecule has 0 fully saturated rings. The van der Waals surface area contributed by atoms with E-state index in [1.165, 1.54) is 0 Å². The van der Waals surface area contributed by atoms with E-state index in [2.05, 4.69) is 15.4 Å². The number of nitrogens with zero attached hydrogens (tertiary/aromatic N) is 4. The Hall–Kier alpha value is -1.86. The van der Waals surface area contributed by atoms with Crippen molar-refractivity contribution in [1.82, 2.24) is 14.4 Å². The largest absolute Gasteiger partial charge is 0.393 e. The number of nitrogens with two attached hydrogens (primary N) is 1. The normalized spacial score (nSPS) is 12.7. The van der Waals surface area contributed by atoms with Gasteiger partial charge in [0.2, 0.25) is 0 Å². The van der Waals surface area contributed by atoms with Crippen LogP contribution in [0, 0.1) is 0 Å². The monoisotopic (exact) mass is 250 g/mol.